The highest BCUT2D eigenvalue weighted by Gasteiger charge is 2.35. The molecule has 19 heavy (non-hydrogen) atoms. The highest BCUT2D eigenvalue weighted by Crippen LogP contribution is 2.40. The summed E-state index contributed by atoms with van der Waals surface area (Å²) in [7, 11) is 0. The molecule has 0 saturated heterocycles. The summed E-state index contributed by atoms with van der Waals surface area (Å²) in [5.41, 5.74) is 2.34. The van der Waals surface area contributed by atoms with Gasteiger partial charge in [0.1, 0.15) is 5.76 Å². The molecule has 2 N–H and O–H groups in total. The Morgan fingerprint density at radius 2 is 1.95 bits per heavy atom. The highest BCUT2D eigenvalue weighted by molar-refractivity contribution is 6.03. The number of hydrogen-bond acceptors (Lipinski definition) is 3. The second-order valence-electron chi connectivity index (χ2n) is 5.49. The van der Waals surface area contributed by atoms with Crippen molar-refractivity contribution in [2.24, 2.45) is 0 Å². The fraction of sp³-hybridized carbons (Fsp3) is 0.438. The Balaban J connectivity index is 1.97. The van der Waals surface area contributed by atoms with E-state index in [1.54, 1.807) is 0 Å². The lowest BCUT2D eigenvalue weighted by Gasteiger charge is -2.21. The topological polar surface area (TPSA) is 49.3 Å². The van der Waals surface area contributed by atoms with Crippen LogP contribution in [0.3, 0.4) is 0 Å². The van der Waals surface area contributed by atoms with E-state index < -0.39 is 0 Å². The maximum Gasteiger partial charge on any atom is 0.161 e. The second kappa shape index (κ2) is 4.82. The number of nitrogens with one attached hydrogen (secondary N) is 1. The first-order valence-corrected chi connectivity index (χ1v) is 6.98. The molecule has 3 rings (SSSR count). The molecule has 1 saturated carbocycles. The van der Waals surface area contributed by atoms with Crippen molar-refractivity contribution in [3.8, 4) is 0 Å². The number of carbonyl (C=O) groups is 1. The summed E-state index contributed by atoms with van der Waals surface area (Å²) >= 11 is 0. The van der Waals surface area contributed by atoms with E-state index >= 15 is 0 Å². The SMILES string of the molecule is CC(=O)C1=C(O)c2ccccc2C1NC1CCCC1. The van der Waals surface area contributed by atoms with Crippen LogP contribution in [-0.4, -0.2) is 16.9 Å². The molecule has 2 aliphatic rings. The zero-order valence-electron chi connectivity index (χ0n) is 11.1. The number of aliphatic hydroxyl groups is 1. The Morgan fingerprint density at radius 1 is 1.26 bits per heavy atom. The summed E-state index contributed by atoms with van der Waals surface area (Å²) < 4.78 is 0. The molecular formula is C16H19NO2. The van der Waals surface area contributed by atoms with Crippen LogP contribution < -0.4 is 5.32 Å². The van der Waals surface area contributed by atoms with Crippen LogP contribution in [0, 0.1) is 0 Å². The van der Waals surface area contributed by atoms with Crippen molar-refractivity contribution < 1.29 is 9.90 Å². The van der Waals surface area contributed by atoms with Crippen LogP contribution in [0.1, 0.15) is 49.8 Å². The third-order valence-electron chi connectivity index (χ3n) is 4.21. The molecule has 2 aliphatic carbocycles. The van der Waals surface area contributed by atoms with Crippen LogP contribution in [0.5, 0.6) is 0 Å². The molecule has 100 valence electrons. The van der Waals surface area contributed by atoms with Crippen LogP contribution >= 0.6 is 0 Å². The van der Waals surface area contributed by atoms with Crippen LogP contribution in [0.4, 0.5) is 0 Å². The molecule has 0 amide bonds. The van der Waals surface area contributed by atoms with Gasteiger partial charge in [0.25, 0.3) is 0 Å². The number of hydrogen-bond donors (Lipinski definition) is 2. The first kappa shape index (κ1) is 12.4. The van der Waals surface area contributed by atoms with Crippen molar-refractivity contribution >= 4 is 11.5 Å². The minimum absolute atomic E-state index is 0.0517. The smallest absolute Gasteiger partial charge is 0.161 e. The van der Waals surface area contributed by atoms with Crippen molar-refractivity contribution in [1.29, 1.82) is 0 Å². The number of aliphatic hydroxyl groups excluding tert-OH is 1. The Hall–Kier alpha value is -1.61. The Labute approximate surface area is 113 Å². The van der Waals surface area contributed by atoms with Gasteiger partial charge in [-0.15, -0.1) is 0 Å². The molecule has 1 aromatic carbocycles. The maximum atomic E-state index is 11.9. The van der Waals surface area contributed by atoms with E-state index in [1.165, 1.54) is 19.8 Å². The lowest BCUT2D eigenvalue weighted by molar-refractivity contribution is -0.113. The van der Waals surface area contributed by atoms with Gasteiger partial charge in [0.05, 0.1) is 11.6 Å². The number of Topliss-reactive ketones (excluding diaryl/α,β-unsaturated/α-hetero) is 1. The standard InChI is InChI=1S/C16H19NO2/c1-10(18)14-15(17-11-6-2-3-7-11)12-8-4-5-9-13(12)16(14)19/h4-5,8-9,11,15,17,19H,2-3,6-7H2,1H3. The maximum absolute atomic E-state index is 11.9. The molecule has 1 fully saturated rings. The van der Waals surface area contributed by atoms with Gasteiger partial charge in [0.15, 0.2) is 5.78 Å². The summed E-state index contributed by atoms with van der Waals surface area (Å²) in [6.45, 7) is 1.53. The molecule has 0 radical (unpaired) electrons. The van der Waals surface area contributed by atoms with Gasteiger partial charge in [-0.25, -0.2) is 0 Å². The quantitative estimate of drug-likeness (QED) is 0.874. The Bertz CT molecular complexity index is 541. The summed E-state index contributed by atoms with van der Waals surface area (Å²) in [5, 5.41) is 13.8. The number of rotatable bonds is 3. The minimum atomic E-state index is -0.142. The monoisotopic (exact) mass is 257 g/mol. The first-order valence-electron chi connectivity index (χ1n) is 6.98. The number of fused-ring (bicyclic) bond motifs is 1. The van der Waals surface area contributed by atoms with Gasteiger partial charge in [-0.3, -0.25) is 4.79 Å². The molecule has 0 bridgehead atoms. The van der Waals surface area contributed by atoms with Crippen molar-refractivity contribution in [1.82, 2.24) is 5.32 Å². The predicted molar refractivity (Wildman–Crippen MR) is 74.8 cm³/mol. The van der Waals surface area contributed by atoms with Gasteiger partial charge in [-0.1, -0.05) is 37.1 Å². The van der Waals surface area contributed by atoms with Gasteiger partial charge >= 0.3 is 0 Å². The number of ketones is 1. The average molecular weight is 257 g/mol. The third-order valence-corrected chi connectivity index (χ3v) is 4.21. The van der Waals surface area contributed by atoms with Crippen LogP contribution in [0.25, 0.3) is 5.76 Å². The van der Waals surface area contributed by atoms with Gasteiger partial charge in [-0.05, 0) is 25.3 Å². The van der Waals surface area contributed by atoms with Crippen LogP contribution in [0.2, 0.25) is 0 Å². The van der Waals surface area contributed by atoms with Gasteiger partial charge in [0, 0.05) is 11.6 Å². The second-order valence-corrected chi connectivity index (χ2v) is 5.49. The normalized spacial score (nSPS) is 22.9. The highest BCUT2D eigenvalue weighted by atomic mass is 16.3. The zero-order chi connectivity index (χ0) is 13.4. The summed E-state index contributed by atoms with van der Waals surface area (Å²) in [5.74, 6) is 0.0998. The molecule has 0 aromatic heterocycles. The van der Waals surface area contributed by atoms with E-state index in [9.17, 15) is 9.90 Å². The molecule has 3 nitrogen and oxygen atoms in total. The zero-order valence-corrected chi connectivity index (χ0v) is 11.1. The molecule has 1 aromatic rings. The largest absolute Gasteiger partial charge is 0.507 e. The minimum Gasteiger partial charge on any atom is -0.507 e. The van der Waals surface area contributed by atoms with E-state index in [0.717, 1.165) is 24.0 Å². The fourth-order valence-corrected chi connectivity index (χ4v) is 3.27. The van der Waals surface area contributed by atoms with Gasteiger partial charge in [0.2, 0.25) is 0 Å². The van der Waals surface area contributed by atoms with E-state index in [-0.39, 0.29) is 17.6 Å². The van der Waals surface area contributed by atoms with E-state index in [2.05, 4.69) is 5.32 Å². The lowest BCUT2D eigenvalue weighted by atomic mass is 10.0. The predicted octanol–water partition coefficient (Wildman–Crippen LogP) is 3.13. The van der Waals surface area contributed by atoms with Gasteiger partial charge < -0.3 is 10.4 Å². The Morgan fingerprint density at radius 3 is 2.63 bits per heavy atom. The summed E-state index contributed by atoms with van der Waals surface area (Å²) in [6, 6.07) is 8.04. The first-order chi connectivity index (χ1) is 9.18. The summed E-state index contributed by atoms with van der Waals surface area (Å²) in [4.78, 5) is 11.9. The number of benzene rings is 1. The molecule has 3 heteroatoms. The fourth-order valence-electron chi connectivity index (χ4n) is 3.27. The van der Waals surface area contributed by atoms with Crippen molar-refractivity contribution in [2.75, 3.05) is 0 Å². The van der Waals surface area contributed by atoms with Crippen LogP contribution in [0.15, 0.2) is 29.8 Å². The lowest BCUT2D eigenvalue weighted by Crippen LogP contribution is -2.32. The molecule has 0 spiro atoms. The molecule has 0 aliphatic heterocycles. The van der Waals surface area contributed by atoms with E-state index in [0.29, 0.717) is 11.6 Å². The van der Waals surface area contributed by atoms with Crippen molar-refractivity contribution in [3.63, 3.8) is 0 Å². The van der Waals surface area contributed by atoms with Crippen molar-refractivity contribution in [2.45, 2.75) is 44.7 Å². The van der Waals surface area contributed by atoms with Crippen molar-refractivity contribution in [3.05, 3.63) is 41.0 Å². The molecule has 1 unspecified atom stereocenters. The van der Waals surface area contributed by atoms with Gasteiger partial charge in [-0.2, -0.15) is 0 Å². The number of carbonyl (C=O) groups excluding carboxylic acids is 1. The molecule has 1 atom stereocenters. The molecular weight excluding hydrogens is 238 g/mol. The van der Waals surface area contributed by atoms with E-state index in [1.807, 2.05) is 24.3 Å². The molecule has 0 heterocycles. The van der Waals surface area contributed by atoms with Crippen LogP contribution in [-0.2, 0) is 4.79 Å². The Kier molecular flexibility index (Phi) is 3.15. The third kappa shape index (κ3) is 2.08. The summed E-state index contributed by atoms with van der Waals surface area (Å²) in [6.07, 6.45) is 4.81. The van der Waals surface area contributed by atoms with E-state index in [4.69, 9.17) is 0 Å². The average Bonchev–Trinajstić information content (AvgIpc) is 2.98.